The van der Waals surface area contributed by atoms with Gasteiger partial charge in [-0.15, -0.1) is 0 Å². The number of rotatable bonds is 6. The number of nitrogens with one attached hydrogen (secondary N) is 1. The molecule has 0 bridgehead atoms. The van der Waals surface area contributed by atoms with E-state index in [4.69, 9.17) is 0 Å². The van der Waals surface area contributed by atoms with Crippen molar-refractivity contribution in [2.75, 3.05) is 6.54 Å². The van der Waals surface area contributed by atoms with E-state index >= 15 is 0 Å². The van der Waals surface area contributed by atoms with Crippen LogP contribution in [0.25, 0.3) is 0 Å². The van der Waals surface area contributed by atoms with Gasteiger partial charge in [0.1, 0.15) is 0 Å². The maximum Gasteiger partial charge on any atom is 0.435 e. The maximum atomic E-state index is 12.6. The molecule has 0 atom stereocenters. The second kappa shape index (κ2) is 7.06. The third-order valence-electron chi connectivity index (χ3n) is 3.62. The van der Waals surface area contributed by atoms with Crippen LogP contribution < -0.4 is 5.32 Å². The van der Waals surface area contributed by atoms with Crippen LogP contribution in [0, 0.1) is 13.8 Å². The number of amides is 1. The van der Waals surface area contributed by atoms with Crippen LogP contribution in [0.5, 0.6) is 0 Å². The molecule has 2 aromatic rings. The molecule has 0 radical (unpaired) electrons. The Kier molecular flexibility index (Phi) is 5.30. The zero-order chi connectivity index (χ0) is 17.9. The quantitative estimate of drug-likeness (QED) is 0.820. The van der Waals surface area contributed by atoms with E-state index in [1.807, 2.05) is 6.92 Å². The molecule has 132 valence electrons. The van der Waals surface area contributed by atoms with Crippen molar-refractivity contribution in [3.8, 4) is 0 Å². The van der Waals surface area contributed by atoms with Gasteiger partial charge >= 0.3 is 6.18 Å². The minimum atomic E-state index is -4.44. The predicted octanol–water partition coefficient (Wildman–Crippen LogP) is 2.56. The summed E-state index contributed by atoms with van der Waals surface area (Å²) >= 11 is 0. The molecule has 2 heterocycles. The molecule has 0 aromatic carbocycles. The Labute approximate surface area is 137 Å². The van der Waals surface area contributed by atoms with E-state index < -0.39 is 11.9 Å². The average Bonchev–Trinajstić information content (AvgIpc) is 3.06. The minimum Gasteiger partial charge on any atom is -0.352 e. The number of aromatic nitrogens is 4. The second-order valence-electron chi connectivity index (χ2n) is 5.49. The number of aryl methyl sites for hydroxylation is 4. The molecule has 6 nitrogen and oxygen atoms in total. The predicted molar refractivity (Wildman–Crippen MR) is 81.6 cm³/mol. The second-order valence-corrected chi connectivity index (χ2v) is 5.49. The van der Waals surface area contributed by atoms with Gasteiger partial charge in [0.15, 0.2) is 5.69 Å². The first-order chi connectivity index (χ1) is 11.2. The van der Waals surface area contributed by atoms with Gasteiger partial charge in [-0.1, -0.05) is 0 Å². The summed E-state index contributed by atoms with van der Waals surface area (Å²) in [5.74, 6) is -0.236. The highest BCUT2D eigenvalue weighted by atomic mass is 19.4. The van der Waals surface area contributed by atoms with Gasteiger partial charge in [-0.2, -0.15) is 23.4 Å². The molecule has 0 spiro atoms. The van der Waals surface area contributed by atoms with Crippen LogP contribution in [0.3, 0.4) is 0 Å². The molecular formula is C15H20F3N5O. The molecule has 0 saturated carbocycles. The Bertz CT molecular complexity index is 717. The van der Waals surface area contributed by atoms with Crippen LogP contribution in [0.2, 0.25) is 0 Å². The Balaban J connectivity index is 1.86. The van der Waals surface area contributed by atoms with Gasteiger partial charge in [0.2, 0.25) is 0 Å². The summed E-state index contributed by atoms with van der Waals surface area (Å²) in [5, 5.41) is 10.5. The number of carbonyl (C=O) groups is 1. The first-order valence-electron chi connectivity index (χ1n) is 7.66. The largest absolute Gasteiger partial charge is 0.435 e. The summed E-state index contributed by atoms with van der Waals surface area (Å²) in [5.41, 5.74) is 0.693. The van der Waals surface area contributed by atoms with Crippen molar-refractivity contribution in [2.24, 2.45) is 0 Å². The molecule has 0 fully saturated rings. The van der Waals surface area contributed by atoms with E-state index in [0.29, 0.717) is 43.0 Å². The maximum absolute atomic E-state index is 12.6. The highest BCUT2D eigenvalue weighted by molar-refractivity contribution is 5.94. The summed E-state index contributed by atoms with van der Waals surface area (Å²) in [6, 6.07) is 1.01. The molecule has 9 heteroatoms. The van der Waals surface area contributed by atoms with Gasteiger partial charge in [0, 0.05) is 31.5 Å². The average molecular weight is 343 g/mol. The standard InChI is InChI=1S/C15H20F3N5O/c1-4-22-9-12(11(3)20-22)14(24)19-6-5-7-23-10(2)8-13(21-23)15(16,17)18/h8-9H,4-7H2,1-3H3,(H,19,24). The van der Waals surface area contributed by atoms with Crippen LogP contribution in [0.4, 0.5) is 13.2 Å². The molecular weight excluding hydrogens is 323 g/mol. The van der Waals surface area contributed by atoms with Crippen molar-refractivity contribution in [1.82, 2.24) is 24.9 Å². The van der Waals surface area contributed by atoms with E-state index in [-0.39, 0.29) is 5.91 Å². The summed E-state index contributed by atoms with van der Waals surface area (Å²) < 4.78 is 40.8. The third kappa shape index (κ3) is 4.15. The van der Waals surface area contributed by atoms with E-state index in [1.165, 1.54) is 4.68 Å². The molecule has 1 amide bonds. The lowest BCUT2D eigenvalue weighted by atomic mass is 10.2. The molecule has 1 N–H and O–H groups in total. The van der Waals surface area contributed by atoms with E-state index in [9.17, 15) is 18.0 Å². The van der Waals surface area contributed by atoms with Crippen LogP contribution in [0.1, 0.15) is 40.8 Å². The zero-order valence-corrected chi connectivity index (χ0v) is 13.8. The molecule has 0 saturated heterocycles. The van der Waals surface area contributed by atoms with Crippen molar-refractivity contribution in [2.45, 2.75) is 46.5 Å². The van der Waals surface area contributed by atoms with Gasteiger partial charge < -0.3 is 5.32 Å². The van der Waals surface area contributed by atoms with E-state index in [2.05, 4.69) is 15.5 Å². The third-order valence-corrected chi connectivity index (χ3v) is 3.62. The van der Waals surface area contributed by atoms with Crippen LogP contribution in [-0.4, -0.2) is 32.0 Å². The molecule has 2 rings (SSSR count). The number of alkyl halides is 3. The van der Waals surface area contributed by atoms with E-state index in [0.717, 1.165) is 6.07 Å². The Morgan fingerprint density at radius 2 is 2.00 bits per heavy atom. The molecule has 2 aromatic heterocycles. The van der Waals surface area contributed by atoms with Gasteiger partial charge in [-0.05, 0) is 33.3 Å². The number of carbonyl (C=O) groups excluding carboxylic acids is 1. The smallest absolute Gasteiger partial charge is 0.352 e. The number of halogens is 3. The number of hydrogen-bond acceptors (Lipinski definition) is 3. The van der Waals surface area contributed by atoms with Crippen molar-refractivity contribution < 1.29 is 18.0 Å². The van der Waals surface area contributed by atoms with Crippen molar-refractivity contribution >= 4 is 5.91 Å². The van der Waals surface area contributed by atoms with Crippen molar-refractivity contribution in [1.29, 1.82) is 0 Å². The Morgan fingerprint density at radius 1 is 1.29 bits per heavy atom. The molecule has 0 aliphatic rings. The monoisotopic (exact) mass is 343 g/mol. The lowest BCUT2D eigenvalue weighted by Crippen LogP contribution is -2.25. The van der Waals surface area contributed by atoms with Gasteiger partial charge in [0.25, 0.3) is 5.91 Å². The fraction of sp³-hybridized carbons (Fsp3) is 0.533. The summed E-state index contributed by atoms with van der Waals surface area (Å²) in [7, 11) is 0. The lowest BCUT2D eigenvalue weighted by molar-refractivity contribution is -0.141. The fourth-order valence-corrected chi connectivity index (χ4v) is 2.30. The number of hydrogen-bond donors (Lipinski definition) is 1. The van der Waals surface area contributed by atoms with Gasteiger partial charge in [-0.3, -0.25) is 14.2 Å². The zero-order valence-electron chi connectivity index (χ0n) is 13.8. The van der Waals surface area contributed by atoms with Gasteiger partial charge in [0.05, 0.1) is 11.3 Å². The Hall–Kier alpha value is -2.32. The van der Waals surface area contributed by atoms with Crippen LogP contribution in [-0.2, 0) is 19.3 Å². The topological polar surface area (TPSA) is 64.7 Å². The van der Waals surface area contributed by atoms with Gasteiger partial charge in [-0.25, -0.2) is 0 Å². The first kappa shape index (κ1) is 18.0. The Morgan fingerprint density at radius 3 is 2.54 bits per heavy atom. The highest BCUT2D eigenvalue weighted by Crippen LogP contribution is 2.28. The lowest BCUT2D eigenvalue weighted by Gasteiger charge is -2.06. The summed E-state index contributed by atoms with van der Waals surface area (Å²) in [6.07, 6.45) is -2.29. The highest BCUT2D eigenvalue weighted by Gasteiger charge is 2.34. The molecule has 24 heavy (non-hydrogen) atoms. The van der Waals surface area contributed by atoms with Crippen LogP contribution >= 0.6 is 0 Å². The van der Waals surface area contributed by atoms with Crippen LogP contribution in [0.15, 0.2) is 12.3 Å². The summed E-state index contributed by atoms with van der Waals surface area (Å²) in [4.78, 5) is 12.1. The van der Waals surface area contributed by atoms with Crippen molar-refractivity contribution in [3.05, 3.63) is 34.9 Å². The normalized spacial score (nSPS) is 11.8. The first-order valence-corrected chi connectivity index (χ1v) is 7.66. The van der Waals surface area contributed by atoms with Crippen molar-refractivity contribution in [3.63, 3.8) is 0 Å². The molecule has 0 aliphatic heterocycles. The number of nitrogens with zero attached hydrogens (tertiary/aromatic N) is 4. The SMILES string of the molecule is CCn1cc(C(=O)NCCCn2nc(C(F)(F)F)cc2C)c(C)n1. The summed E-state index contributed by atoms with van der Waals surface area (Å²) in [6.45, 7) is 6.58. The minimum absolute atomic E-state index is 0.236. The fourth-order valence-electron chi connectivity index (χ4n) is 2.30. The van der Waals surface area contributed by atoms with E-state index in [1.54, 1.807) is 24.7 Å². The molecule has 0 unspecified atom stereocenters. The molecule has 0 aliphatic carbocycles.